The van der Waals surface area contributed by atoms with Crippen LogP contribution in [-0.2, 0) is 4.79 Å². The van der Waals surface area contributed by atoms with Crippen LogP contribution in [0.3, 0.4) is 0 Å². The molecule has 18 heavy (non-hydrogen) atoms. The van der Waals surface area contributed by atoms with E-state index in [4.69, 9.17) is 0 Å². The van der Waals surface area contributed by atoms with Crippen molar-refractivity contribution in [2.75, 3.05) is 18.5 Å². The molecule has 2 heterocycles. The van der Waals surface area contributed by atoms with Crippen LogP contribution in [0.5, 0.6) is 0 Å². The maximum atomic E-state index is 12.3. The van der Waals surface area contributed by atoms with Crippen molar-refractivity contribution >= 4 is 22.6 Å². The van der Waals surface area contributed by atoms with E-state index in [1.165, 1.54) is 0 Å². The highest BCUT2D eigenvalue weighted by Gasteiger charge is 2.25. The molecule has 1 fully saturated rings. The molecule has 1 amide bonds. The normalized spacial score (nSPS) is 19.3. The quantitative estimate of drug-likeness (QED) is 0.836. The SMILES string of the molecule is CN(C(=O)C1CCCN1)c1ccc2nc[nH]c2c1. The lowest BCUT2D eigenvalue weighted by Crippen LogP contribution is -2.41. The van der Waals surface area contributed by atoms with Gasteiger partial charge in [-0.2, -0.15) is 0 Å². The molecule has 1 saturated heterocycles. The summed E-state index contributed by atoms with van der Waals surface area (Å²) in [5, 5.41) is 3.23. The van der Waals surface area contributed by atoms with Gasteiger partial charge in [-0.1, -0.05) is 0 Å². The van der Waals surface area contributed by atoms with Crippen molar-refractivity contribution in [2.45, 2.75) is 18.9 Å². The predicted molar refractivity (Wildman–Crippen MR) is 70.5 cm³/mol. The second-order valence-corrected chi connectivity index (χ2v) is 4.65. The Balaban J connectivity index is 1.85. The lowest BCUT2D eigenvalue weighted by atomic mass is 10.2. The summed E-state index contributed by atoms with van der Waals surface area (Å²) in [7, 11) is 1.82. The van der Waals surface area contributed by atoms with E-state index in [-0.39, 0.29) is 11.9 Å². The van der Waals surface area contributed by atoms with E-state index < -0.39 is 0 Å². The van der Waals surface area contributed by atoms with Gasteiger partial charge < -0.3 is 15.2 Å². The molecule has 2 aromatic rings. The van der Waals surface area contributed by atoms with Crippen LogP contribution in [0.25, 0.3) is 11.0 Å². The zero-order valence-corrected chi connectivity index (χ0v) is 10.3. The molecule has 0 radical (unpaired) electrons. The molecule has 1 aromatic carbocycles. The average Bonchev–Trinajstić information content (AvgIpc) is 3.06. The molecule has 1 unspecified atom stereocenters. The second-order valence-electron chi connectivity index (χ2n) is 4.65. The Kier molecular flexibility index (Phi) is 2.76. The maximum Gasteiger partial charge on any atom is 0.243 e. The molecule has 5 nitrogen and oxygen atoms in total. The third-order valence-corrected chi connectivity index (χ3v) is 3.48. The van der Waals surface area contributed by atoms with Gasteiger partial charge in [0.15, 0.2) is 0 Å². The third-order valence-electron chi connectivity index (χ3n) is 3.48. The number of hydrogen-bond acceptors (Lipinski definition) is 3. The fourth-order valence-corrected chi connectivity index (χ4v) is 2.39. The zero-order valence-electron chi connectivity index (χ0n) is 10.3. The van der Waals surface area contributed by atoms with Crippen LogP contribution in [0, 0.1) is 0 Å². The number of likely N-dealkylation sites (N-methyl/N-ethyl adjacent to an activating group) is 1. The van der Waals surface area contributed by atoms with Crippen molar-refractivity contribution in [3.05, 3.63) is 24.5 Å². The first kappa shape index (κ1) is 11.2. The summed E-state index contributed by atoms with van der Waals surface area (Å²) >= 11 is 0. The number of nitrogens with zero attached hydrogens (tertiary/aromatic N) is 2. The number of rotatable bonds is 2. The highest BCUT2D eigenvalue weighted by molar-refractivity contribution is 5.98. The molecule has 1 atom stereocenters. The molecule has 94 valence electrons. The number of carbonyl (C=O) groups is 1. The summed E-state index contributed by atoms with van der Waals surface area (Å²) < 4.78 is 0. The van der Waals surface area contributed by atoms with E-state index in [9.17, 15) is 4.79 Å². The van der Waals surface area contributed by atoms with Gasteiger partial charge in [0.1, 0.15) is 0 Å². The minimum absolute atomic E-state index is 0.0348. The highest BCUT2D eigenvalue weighted by Crippen LogP contribution is 2.20. The van der Waals surface area contributed by atoms with E-state index >= 15 is 0 Å². The van der Waals surface area contributed by atoms with Crippen molar-refractivity contribution in [3.8, 4) is 0 Å². The molecular formula is C13H16N4O. The Morgan fingerprint density at radius 1 is 1.50 bits per heavy atom. The summed E-state index contributed by atoms with van der Waals surface area (Å²) in [6.45, 7) is 0.934. The van der Waals surface area contributed by atoms with Crippen LogP contribution < -0.4 is 10.2 Å². The van der Waals surface area contributed by atoms with Gasteiger partial charge in [0.25, 0.3) is 0 Å². The van der Waals surface area contributed by atoms with Gasteiger partial charge in [-0.3, -0.25) is 4.79 Å². The van der Waals surface area contributed by atoms with Crippen molar-refractivity contribution < 1.29 is 4.79 Å². The molecule has 0 saturated carbocycles. The van der Waals surface area contributed by atoms with Gasteiger partial charge in [0.05, 0.1) is 23.4 Å². The summed E-state index contributed by atoms with van der Waals surface area (Å²) in [5.41, 5.74) is 2.76. The van der Waals surface area contributed by atoms with Crippen LogP contribution in [-0.4, -0.2) is 35.5 Å². The van der Waals surface area contributed by atoms with Gasteiger partial charge >= 0.3 is 0 Å². The van der Waals surface area contributed by atoms with Gasteiger partial charge in [-0.05, 0) is 37.6 Å². The zero-order chi connectivity index (χ0) is 12.5. The number of aromatic nitrogens is 2. The molecule has 0 spiro atoms. The monoisotopic (exact) mass is 244 g/mol. The van der Waals surface area contributed by atoms with E-state index in [1.54, 1.807) is 11.2 Å². The van der Waals surface area contributed by atoms with Gasteiger partial charge in [0.2, 0.25) is 5.91 Å². The van der Waals surface area contributed by atoms with E-state index in [0.29, 0.717) is 0 Å². The molecule has 1 aliphatic heterocycles. The molecule has 1 aromatic heterocycles. The molecular weight excluding hydrogens is 228 g/mol. The Hall–Kier alpha value is -1.88. The number of imidazole rings is 1. The summed E-state index contributed by atoms with van der Waals surface area (Å²) in [5.74, 6) is 0.131. The second kappa shape index (κ2) is 4.42. The summed E-state index contributed by atoms with van der Waals surface area (Å²) in [6.07, 6.45) is 3.66. The Labute approximate surface area is 105 Å². The van der Waals surface area contributed by atoms with Crippen LogP contribution >= 0.6 is 0 Å². The number of carbonyl (C=O) groups excluding carboxylic acids is 1. The molecule has 3 rings (SSSR count). The Morgan fingerprint density at radius 3 is 3.17 bits per heavy atom. The summed E-state index contributed by atoms with van der Waals surface area (Å²) in [6, 6.07) is 5.77. The topological polar surface area (TPSA) is 61.0 Å². The molecule has 0 bridgehead atoms. The molecule has 0 aliphatic carbocycles. The number of amides is 1. The third kappa shape index (κ3) is 1.86. The van der Waals surface area contributed by atoms with Crippen LogP contribution in [0.15, 0.2) is 24.5 Å². The van der Waals surface area contributed by atoms with Crippen LogP contribution in [0.4, 0.5) is 5.69 Å². The van der Waals surface area contributed by atoms with Gasteiger partial charge in [-0.15, -0.1) is 0 Å². The summed E-state index contributed by atoms with van der Waals surface area (Å²) in [4.78, 5) is 21.2. The minimum Gasteiger partial charge on any atom is -0.345 e. The fraction of sp³-hybridized carbons (Fsp3) is 0.385. The Bertz CT molecular complexity index is 571. The first-order chi connectivity index (χ1) is 8.75. The first-order valence-electron chi connectivity index (χ1n) is 6.20. The van der Waals surface area contributed by atoms with E-state index in [0.717, 1.165) is 36.1 Å². The van der Waals surface area contributed by atoms with E-state index in [2.05, 4.69) is 15.3 Å². The van der Waals surface area contributed by atoms with Crippen molar-refractivity contribution in [1.29, 1.82) is 0 Å². The minimum atomic E-state index is -0.0348. The molecule has 1 aliphatic rings. The molecule has 2 N–H and O–H groups in total. The number of H-pyrrole nitrogens is 1. The van der Waals surface area contributed by atoms with Gasteiger partial charge in [-0.25, -0.2) is 4.98 Å². The number of fused-ring (bicyclic) bond motifs is 1. The Morgan fingerprint density at radius 2 is 2.39 bits per heavy atom. The number of benzene rings is 1. The van der Waals surface area contributed by atoms with Crippen LogP contribution in [0.2, 0.25) is 0 Å². The van der Waals surface area contributed by atoms with E-state index in [1.807, 2.05) is 25.2 Å². The number of nitrogens with one attached hydrogen (secondary N) is 2. The fourth-order valence-electron chi connectivity index (χ4n) is 2.39. The maximum absolute atomic E-state index is 12.3. The first-order valence-corrected chi connectivity index (χ1v) is 6.20. The predicted octanol–water partition coefficient (Wildman–Crippen LogP) is 1.28. The number of aromatic amines is 1. The highest BCUT2D eigenvalue weighted by atomic mass is 16.2. The number of hydrogen-bond donors (Lipinski definition) is 2. The number of anilines is 1. The molecule has 5 heteroatoms. The van der Waals surface area contributed by atoms with Crippen LogP contribution in [0.1, 0.15) is 12.8 Å². The lowest BCUT2D eigenvalue weighted by Gasteiger charge is -2.21. The van der Waals surface area contributed by atoms with Crippen molar-refractivity contribution in [3.63, 3.8) is 0 Å². The smallest absolute Gasteiger partial charge is 0.243 e. The largest absolute Gasteiger partial charge is 0.345 e. The lowest BCUT2D eigenvalue weighted by molar-refractivity contribution is -0.119. The van der Waals surface area contributed by atoms with Crippen molar-refractivity contribution in [1.82, 2.24) is 15.3 Å². The average molecular weight is 244 g/mol. The standard InChI is InChI=1S/C13H16N4O/c1-17(13(18)11-3-2-6-14-11)9-4-5-10-12(7-9)16-8-15-10/h4-5,7-8,11,14H,2-3,6H2,1H3,(H,15,16). The van der Waals surface area contributed by atoms with Gasteiger partial charge in [0, 0.05) is 12.7 Å². The van der Waals surface area contributed by atoms with Crippen molar-refractivity contribution in [2.24, 2.45) is 0 Å².